The third-order valence-corrected chi connectivity index (χ3v) is 4.72. The summed E-state index contributed by atoms with van der Waals surface area (Å²) >= 11 is 6.22. The lowest BCUT2D eigenvalue weighted by Gasteiger charge is -2.24. The number of hydrogen-bond donors (Lipinski definition) is 2. The highest BCUT2D eigenvalue weighted by atomic mass is 35.5. The van der Waals surface area contributed by atoms with Gasteiger partial charge in [0.25, 0.3) is 0 Å². The molecule has 0 saturated carbocycles. The van der Waals surface area contributed by atoms with Gasteiger partial charge in [-0.3, -0.25) is 9.78 Å². The summed E-state index contributed by atoms with van der Waals surface area (Å²) in [5.74, 6) is -0.569. The van der Waals surface area contributed by atoms with E-state index in [1.165, 1.54) is 12.1 Å². The minimum absolute atomic E-state index is 0.0530. The van der Waals surface area contributed by atoms with Gasteiger partial charge in [0.2, 0.25) is 5.91 Å². The number of nitrogens with one attached hydrogen (secondary N) is 2. The van der Waals surface area contributed by atoms with Crippen LogP contribution < -0.4 is 15.4 Å². The average Bonchev–Trinajstić information content (AvgIpc) is 2.71. The van der Waals surface area contributed by atoms with Crippen molar-refractivity contribution in [1.82, 2.24) is 15.6 Å². The highest BCUT2D eigenvalue weighted by molar-refractivity contribution is 6.31. The Labute approximate surface area is 201 Å². The SMILES string of the molecule is CC(NC(=O)C(Cc1ccccc1Cl)NC(=O)OC(C)(C)C)c1ccc(OCC(F)(F)F)cn1. The van der Waals surface area contributed by atoms with Gasteiger partial charge in [-0.2, -0.15) is 13.2 Å². The molecule has 186 valence electrons. The van der Waals surface area contributed by atoms with Crippen LogP contribution in [0, 0.1) is 0 Å². The molecule has 0 bridgehead atoms. The van der Waals surface area contributed by atoms with Crippen molar-refractivity contribution in [2.75, 3.05) is 6.61 Å². The van der Waals surface area contributed by atoms with Crippen molar-refractivity contribution in [1.29, 1.82) is 0 Å². The molecule has 0 radical (unpaired) electrons. The maximum atomic E-state index is 13.0. The van der Waals surface area contributed by atoms with Crippen LogP contribution in [0.1, 0.15) is 45.0 Å². The molecular formula is C23H27ClF3N3O4. The summed E-state index contributed by atoms with van der Waals surface area (Å²) in [4.78, 5) is 29.4. The first-order valence-corrected chi connectivity index (χ1v) is 10.8. The van der Waals surface area contributed by atoms with Crippen LogP contribution in [0.2, 0.25) is 5.02 Å². The fraction of sp³-hybridized carbons (Fsp3) is 0.435. The Morgan fingerprint density at radius 1 is 1.09 bits per heavy atom. The number of halogens is 4. The number of alkyl halides is 3. The molecule has 1 heterocycles. The summed E-state index contributed by atoms with van der Waals surface area (Å²) in [7, 11) is 0. The summed E-state index contributed by atoms with van der Waals surface area (Å²) in [6.07, 6.45) is -3.98. The van der Waals surface area contributed by atoms with E-state index < -0.39 is 42.5 Å². The van der Waals surface area contributed by atoms with Gasteiger partial charge in [-0.25, -0.2) is 4.79 Å². The molecule has 0 aliphatic heterocycles. The number of amides is 2. The molecular weight excluding hydrogens is 475 g/mol. The van der Waals surface area contributed by atoms with E-state index in [0.29, 0.717) is 16.3 Å². The van der Waals surface area contributed by atoms with Crippen molar-refractivity contribution in [3.05, 3.63) is 58.9 Å². The molecule has 0 aliphatic carbocycles. The minimum atomic E-state index is -4.46. The minimum Gasteiger partial charge on any atom is -0.483 e. The lowest BCUT2D eigenvalue weighted by molar-refractivity contribution is -0.153. The maximum absolute atomic E-state index is 13.0. The fourth-order valence-electron chi connectivity index (χ4n) is 2.83. The van der Waals surface area contributed by atoms with Crippen molar-refractivity contribution in [2.45, 2.75) is 58.0 Å². The highest BCUT2D eigenvalue weighted by Gasteiger charge is 2.29. The zero-order valence-corrected chi connectivity index (χ0v) is 20.0. The molecule has 0 fully saturated rings. The van der Waals surface area contributed by atoms with Crippen LogP contribution >= 0.6 is 11.6 Å². The molecule has 0 spiro atoms. The zero-order valence-electron chi connectivity index (χ0n) is 19.2. The summed E-state index contributed by atoms with van der Waals surface area (Å²) in [5, 5.41) is 5.75. The Morgan fingerprint density at radius 2 is 1.76 bits per heavy atom. The van der Waals surface area contributed by atoms with Gasteiger partial charge >= 0.3 is 12.3 Å². The van der Waals surface area contributed by atoms with E-state index in [2.05, 4.69) is 20.4 Å². The quantitative estimate of drug-likeness (QED) is 0.532. The van der Waals surface area contributed by atoms with Crippen molar-refractivity contribution < 1.29 is 32.2 Å². The molecule has 1 aromatic heterocycles. The molecule has 34 heavy (non-hydrogen) atoms. The molecule has 2 aromatic rings. The molecule has 1 aromatic carbocycles. The number of carbonyl (C=O) groups excluding carboxylic acids is 2. The van der Waals surface area contributed by atoms with Crippen LogP contribution in [0.15, 0.2) is 42.6 Å². The van der Waals surface area contributed by atoms with Crippen LogP contribution in [0.4, 0.5) is 18.0 Å². The molecule has 0 saturated heterocycles. The number of pyridine rings is 1. The van der Waals surface area contributed by atoms with E-state index in [1.807, 2.05) is 0 Å². The molecule has 0 aliphatic rings. The summed E-state index contributed by atoms with van der Waals surface area (Å²) in [6.45, 7) is 5.32. The van der Waals surface area contributed by atoms with Gasteiger partial charge in [-0.1, -0.05) is 29.8 Å². The largest absolute Gasteiger partial charge is 0.483 e. The fourth-order valence-corrected chi connectivity index (χ4v) is 3.04. The first kappa shape index (κ1) is 27.2. The summed E-state index contributed by atoms with van der Waals surface area (Å²) < 4.78 is 46.8. The molecule has 11 heteroatoms. The number of aromatic nitrogens is 1. The van der Waals surface area contributed by atoms with Gasteiger partial charge in [0.15, 0.2) is 6.61 Å². The number of carbonyl (C=O) groups is 2. The summed E-state index contributed by atoms with van der Waals surface area (Å²) in [6, 6.07) is 8.08. The lowest BCUT2D eigenvalue weighted by Crippen LogP contribution is -2.49. The van der Waals surface area contributed by atoms with E-state index in [1.54, 1.807) is 52.0 Å². The zero-order chi connectivity index (χ0) is 25.5. The number of hydrogen-bond acceptors (Lipinski definition) is 5. The van der Waals surface area contributed by atoms with E-state index in [9.17, 15) is 22.8 Å². The second-order valence-electron chi connectivity index (χ2n) is 8.55. The second-order valence-corrected chi connectivity index (χ2v) is 8.95. The van der Waals surface area contributed by atoms with E-state index in [4.69, 9.17) is 16.3 Å². The number of benzene rings is 1. The van der Waals surface area contributed by atoms with Gasteiger partial charge < -0.3 is 20.1 Å². The Bertz CT molecular complexity index is 979. The monoisotopic (exact) mass is 501 g/mol. The Kier molecular flexibility index (Phi) is 9.14. The molecule has 2 amide bonds. The van der Waals surface area contributed by atoms with E-state index in [-0.39, 0.29) is 12.2 Å². The van der Waals surface area contributed by atoms with Gasteiger partial charge in [0.1, 0.15) is 17.4 Å². The molecule has 2 N–H and O–H groups in total. The van der Waals surface area contributed by atoms with Gasteiger partial charge in [-0.15, -0.1) is 0 Å². The molecule has 7 nitrogen and oxygen atoms in total. The van der Waals surface area contributed by atoms with Gasteiger partial charge in [-0.05, 0) is 51.5 Å². The Balaban J connectivity index is 2.10. The second kappa shape index (κ2) is 11.4. The third-order valence-electron chi connectivity index (χ3n) is 4.35. The topological polar surface area (TPSA) is 89.6 Å². The molecule has 2 rings (SSSR count). The number of ether oxygens (including phenoxy) is 2. The van der Waals surface area contributed by atoms with Crippen LogP contribution in [0.25, 0.3) is 0 Å². The number of rotatable bonds is 8. The van der Waals surface area contributed by atoms with Crippen molar-refractivity contribution in [3.8, 4) is 5.75 Å². The lowest BCUT2D eigenvalue weighted by atomic mass is 10.0. The number of nitrogens with zero attached hydrogens (tertiary/aromatic N) is 1. The smallest absolute Gasteiger partial charge is 0.422 e. The first-order valence-electron chi connectivity index (χ1n) is 10.4. The van der Waals surface area contributed by atoms with Crippen molar-refractivity contribution in [2.24, 2.45) is 0 Å². The van der Waals surface area contributed by atoms with Gasteiger partial charge in [0, 0.05) is 11.4 Å². The van der Waals surface area contributed by atoms with E-state index >= 15 is 0 Å². The maximum Gasteiger partial charge on any atom is 0.422 e. The predicted octanol–water partition coefficient (Wildman–Crippen LogP) is 4.99. The van der Waals surface area contributed by atoms with E-state index in [0.717, 1.165) is 6.20 Å². The predicted molar refractivity (Wildman–Crippen MR) is 121 cm³/mol. The Hall–Kier alpha value is -3.01. The molecule has 2 unspecified atom stereocenters. The standard InChI is InChI=1S/C23H27ClF3N3O4/c1-14(18-10-9-16(12-28-18)33-13-23(25,26)27)29-20(31)19(30-21(32)34-22(2,3)4)11-15-7-5-6-8-17(15)24/h5-10,12,14,19H,11,13H2,1-4H3,(H,29,31)(H,30,32). The normalized spacial score (nSPS) is 13.5. The summed E-state index contributed by atoms with van der Waals surface area (Å²) in [5.41, 5.74) is 0.279. The number of alkyl carbamates (subject to hydrolysis) is 1. The van der Waals surface area contributed by atoms with Crippen LogP contribution in [-0.2, 0) is 16.0 Å². The first-order chi connectivity index (χ1) is 15.7. The van der Waals surface area contributed by atoms with Crippen LogP contribution in [0.3, 0.4) is 0 Å². The Morgan fingerprint density at radius 3 is 2.32 bits per heavy atom. The van der Waals surface area contributed by atoms with Crippen LogP contribution in [-0.4, -0.2) is 41.4 Å². The average molecular weight is 502 g/mol. The molecule has 2 atom stereocenters. The third kappa shape index (κ3) is 9.46. The van der Waals surface area contributed by atoms with Crippen LogP contribution in [0.5, 0.6) is 5.75 Å². The van der Waals surface area contributed by atoms with Gasteiger partial charge in [0.05, 0.1) is 17.9 Å². The van der Waals surface area contributed by atoms with Crippen molar-refractivity contribution >= 4 is 23.6 Å². The van der Waals surface area contributed by atoms with Crippen molar-refractivity contribution in [3.63, 3.8) is 0 Å². The highest BCUT2D eigenvalue weighted by Crippen LogP contribution is 2.20.